The molecule has 0 bridgehead atoms. The van der Waals surface area contributed by atoms with E-state index in [4.69, 9.17) is 0 Å². The molecule has 32 heavy (non-hydrogen) atoms. The van der Waals surface area contributed by atoms with Gasteiger partial charge in [-0.05, 0) is 68.2 Å². The molecular formula is C27H29N3O2. The second kappa shape index (κ2) is 10.2. The normalized spacial score (nSPS) is 14.7. The lowest BCUT2D eigenvalue weighted by atomic mass is 10.0. The molecule has 0 radical (unpaired) electrons. The molecule has 3 aromatic carbocycles. The fourth-order valence-corrected chi connectivity index (χ4v) is 4.16. The number of hydrogen-bond acceptors (Lipinski definition) is 3. The lowest BCUT2D eigenvalue weighted by Crippen LogP contribution is -2.36. The minimum absolute atomic E-state index is 0.139. The quantitative estimate of drug-likeness (QED) is 0.569. The van der Waals surface area contributed by atoms with Gasteiger partial charge in [-0.25, -0.2) is 0 Å². The van der Waals surface area contributed by atoms with Crippen LogP contribution in [0.4, 0.5) is 5.69 Å². The average molecular weight is 428 g/mol. The van der Waals surface area contributed by atoms with Gasteiger partial charge in [-0.1, -0.05) is 54.6 Å². The maximum atomic E-state index is 13.0. The highest BCUT2D eigenvalue weighted by molar-refractivity contribution is 6.05. The van der Waals surface area contributed by atoms with Gasteiger partial charge in [0, 0.05) is 23.4 Å². The van der Waals surface area contributed by atoms with Crippen molar-refractivity contribution in [3.8, 4) is 0 Å². The lowest BCUT2D eigenvalue weighted by Gasteiger charge is -2.28. The number of hydrogen-bond donors (Lipinski definition) is 2. The number of nitrogens with zero attached hydrogens (tertiary/aromatic N) is 1. The number of likely N-dealkylation sites (tertiary alicyclic amines) is 1. The third kappa shape index (κ3) is 5.24. The molecule has 2 amide bonds. The van der Waals surface area contributed by atoms with Crippen molar-refractivity contribution in [1.82, 2.24) is 10.2 Å². The summed E-state index contributed by atoms with van der Waals surface area (Å²) in [4.78, 5) is 28.0. The van der Waals surface area contributed by atoms with Crippen LogP contribution in [0.15, 0.2) is 78.9 Å². The fraction of sp³-hybridized carbons (Fsp3) is 0.259. The van der Waals surface area contributed by atoms with E-state index in [9.17, 15) is 9.59 Å². The van der Waals surface area contributed by atoms with Gasteiger partial charge in [0.15, 0.2) is 0 Å². The van der Waals surface area contributed by atoms with E-state index in [0.29, 0.717) is 23.4 Å². The number of benzene rings is 3. The van der Waals surface area contributed by atoms with E-state index in [0.717, 1.165) is 18.7 Å². The standard InChI is InChI=1S/C27H29N3O2/c1-20-14-15-23(18-24(20)29-27(32)22-12-6-3-7-13-22)26(31)28-19-25(30-16-8-9-17-30)21-10-4-2-5-11-21/h2-7,10-15,18,25H,8-9,16-17,19H2,1H3,(H,28,31)(H,29,32). The summed E-state index contributed by atoms with van der Waals surface area (Å²) in [5, 5.41) is 6.04. The molecule has 1 atom stereocenters. The summed E-state index contributed by atoms with van der Waals surface area (Å²) in [7, 11) is 0. The highest BCUT2D eigenvalue weighted by Gasteiger charge is 2.24. The van der Waals surface area contributed by atoms with Gasteiger partial charge in [-0.2, -0.15) is 0 Å². The second-order valence-electron chi connectivity index (χ2n) is 8.23. The molecule has 0 aromatic heterocycles. The summed E-state index contributed by atoms with van der Waals surface area (Å²) >= 11 is 0. The zero-order valence-electron chi connectivity index (χ0n) is 18.4. The van der Waals surface area contributed by atoms with Gasteiger partial charge in [-0.3, -0.25) is 14.5 Å². The number of anilines is 1. The van der Waals surface area contributed by atoms with Crippen molar-refractivity contribution in [2.45, 2.75) is 25.8 Å². The zero-order valence-corrected chi connectivity index (χ0v) is 18.4. The summed E-state index contributed by atoms with van der Waals surface area (Å²) in [6.45, 7) is 4.56. The van der Waals surface area contributed by atoms with Crippen LogP contribution in [0.25, 0.3) is 0 Å². The smallest absolute Gasteiger partial charge is 0.255 e. The molecule has 0 aliphatic carbocycles. The maximum absolute atomic E-state index is 13.0. The number of rotatable bonds is 7. The van der Waals surface area contributed by atoms with Crippen LogP contribution >= 0.6 is 0 Å². The SMILES string of the molecule is Cc1ccc(C(=O)NCC(c2ccccc2)N2CCCC2)cc1NC(=O)c1ccccc1. The topological polar surface area (TPSA) is 61.4 Å². The van der Waals surface area contributed by atoms with Crippen molar-refractivity contribution in [1.29, 1.82) is 0 Å². The summed E-state index contributed by atoms with van der Waals surface area (Å²) in [5.74, 6) is -0.329. The third-order valence-corrected chi connectivity index (χ3v) is 6.01. The molecule has 0 saturated carbocycles. The molecule has 4 rings (SSSR count). The molecule has 0 spiro atoms. The van der Waals surface area contributed by atoms with Gasteiger partial charge in [0.25, 0.3) is 11.8 Å². The first-order valence-electron chi connectivity index (χ1n) is 11.2. The Balaban J connectivity index is 1.45. The predicted molar refractivity (Wildman–Crippen MR) is 128 cm³/mol. The predicted octanol–water partition coefficient (Wildman–Crippen LogP) is 4.81. The van der Waals surface area contributed by atoms with Crippen molar-refractivity contribution >= 4 is 17.5 Å². The van der Waals surface area contributed by atoms with E-state index < -0.39 is 0 Å². The van der Waals surface area contributed by atoms with Crippen molar-refractivity contribution in [3.05, 3.63) is 101 Å². The molecule has 1 aliphatic heterocycles. The minimum atomic E-state index is -0.190. The minimum Gasteiger partial charge on any atom is -0.350 e. The van der Waals surface area contributed by atoms with Crippen LogP contribution in [-0.2, 0) is 0 Å². The number of amides is 2. The van der Waals surface area contributed by atoms with E-state index in [-0.39, 0.29) is 17.9 Å². The van der Waals surface area contributed by atoms with E-state index in [1.807, 2.05) is 49.4 Å². The molecule has 1 fully saturated rings. The van der Waals surface area contributed by atoms with E-state index in [2.05, 4.69) is 27.7 Å². The summed E-state index contributed by atoms with van der Waals surface area (Å²) in [6.07, 6.45) is 2.39. The largest absolute Gasteiger partial charge is 0.350 e. The van der Waals surface area contributed by atoms with Crippen molar-refractivity contribution in [2.75, 3.05) is 25.0 Å². The Morgan fingerprint density at radius 2 is 1.50 bits per heavy atom. The first-order chi connectivity index (χ1) is 15.6. The Kier molecular flexibility index (Phi) is 6.97. The van der Waals surface area contributed by atoms with Crippen LogP contribution in [0.2, 0.25) is 0 Å². The summed E-state index contributed by atoms with van der Waals surface area (Å²) < 4.78 is 0. The zero-order chi connectivity index (χ0) is 22.3. The van der Waals surface area contributed by atoms with Crippen molar-refractivity contribution in [2.24, 2.45) is 0 Å². The van der Waals surface area contributed by atoms with Crippen LogP contribution in [0, 0.1) is 6.92 Å². The van der Waals surface area contributed by atoms with Gasteiger partial charge in [-0.15, -0.1) is 0 Å². The Hall–Kier alpha value is -3.44. The van der Waals surface area contributed by atoms with Gasteiger partial charge in [0.1, 0.15) is 0 Å². The van der Waals surface area contributed by atoms with Crippen LogP contribution in [0.1, 0.15) is 50.7 Å². The molecule has 164 valence electrons. The molecule has 5 nitrogen and oxygen atoms in total. The Bertz CT molecular complexity index is 1060. The molecular weight excluding hydrogens is 398 g/mol. The Morgan fingerprint density at radius 1 is 0.844 bits per heavy atom. The molecule has 1 heterocycles. The van der Waals surface area contributed by atoms with Crippen molar-refractivity contribution in [3.63, 3.8) is 0 Å². The maximum Gasteiger partial charge on any atom is 0.255 e. The number of nitrogens with one attached hydrogen (secondary N) is 2. The van der Waals surface area contributed by atoms with Gasteiger partial charge >= 0.3 is 0 Å². The molecule has 1 aliphatic rings. The van der Waals surface area contributed by atoms with Gasteiger partial charge in [0.2, 0.25) is 0 Å². The van der Waals surface area contributed by atoms with Gasteiger partial charge in [0.05, 0.1) is 6.04 Å². The van der Waals surface area contributed by atoms with Crippen LogP contribution in [0.3, 0.4) is 0 Å². The Labute approximate surface area is 189 Å². The first kappa shape index (κ1) is 21.8. The second-order valence-corrected chi connectivity index (χ2v) is 8.23. The molecule has 1 saturated heterocycles. The van der Waals surface area contributed by atoms with Gasteiger partial charge < -0.3 is 10.6 Å². The molecule has 3 aromatic rings. The van der Waals surface area contributed by atoms with E-state index >= 15 is 0 Å². The molecule has 2 N–H and O–H groups in total. The highest BCUT2D eigenvalue weighted by atomic mass is 16.2. The summed E-state index contributed by atoms with van der Waals surface area (Å²) in [6, 6.07) is 25.0. The summed E-state index contributed by atoms with van der Waals surface area (Å²) in [5.41, 5.74) is 3.88. The molecule has 5 heteroatoms. The number of carbonyl (C=O) groups excluding carboxylic acids is 2. The van der Waals surface area contributed by atoms with Crippen molar-refractivity contribution < 1.29 is 9.59 Å². The fourth-order valence-electron chi connectivity index (χ4n) is 4.16. The Morgan fingerprint density at radius 3 is 2.19 bits per heavy atom. The monoisotopic (exact) mass is 427 g/mol. The highest BCUT2D eigenvalue weighted by Crippen LogP contribution is 2.25. The number of aryl methyl sites for hydroxylation is 1. The third-order valence-electron chi connectivity index (χ3n) is 6.01. The molecule has 1 unspecified atom stereocenters. The number of carbonyl (C=O) groups is 2. The van der Waals surface area contributed by atoms with E-state index in [1.54, 1.807) is 24.3 Å². The average Bonchev–Trinajstić information content (AvgIpc) is 3.36. The van der Waals surface area contributed by atoms with Crippen LogP contribution in [0.5, 0.6) is 0 Å². The first-order valence-corrected chi connectivity index (χ1v) is 11.2. The van der Waals surface area contributed by atoms with Crippen LogP contribution in [-0.4, -0.2) is 36.3 Å². The van der Waals surface area contributed by atoms with Crippen LogP contribution < -0.4 is 10.6 Å². The lowest BCUT2D eigenvalue weighted by molar-refractivity contribution is 0.0936. The van der Waals surface area contributed by atoms with E-state index in [1.165, 1.54) is 18.4 Å².